The molecule has 0 aliphatic rings. The Morgan fingerprint density at radius 1 is 1.57 bits per heavy atom. The van der Waals surface area contributed by atoms with Crippen molar-refractivity contribution in [3.63, 3.8) is 0 Å². The highest BCUT2D eigenvalue weighted by Crippen LogP contribution is 2.22. The van der Waals surface area contributed by atoms with Gasteiger partial charge in [-0.25, -0.2) is 4.39 Å². The molecule has 9 heteroatoms. The number of hydrogen-bond donors (Lipinski definition) is 2. The van der Waals surface area contributed by atoms with Gasteiger partial charge >= 0.3 is 0 Å². The third-order valence-electron chi connectivity index (χ3n) is 2.69. The topological polar surface area (TPSA) is 125 Å². The molecule has 21 heavy (non-hydrogen) atoms. The number of benzene rings is 1. The van der Waals surface area contributed by atoms with Gasteiger partial charge in [0.1, 0.15) is 23.3 Å². The Kier molecular flexibility index (Phi) is 3.62. The number of carbonyl (C=O) groups excluding carboxylic acids is 1. The minimum Gasteiger partial charge on any atom is -0.306 e. The van der Waals surface area contributed by atoms with Crippen LogP contribution < -0.4 is 5.32 Å². The first-order valence-electron chi connectivity index (χ1n) is 5.63. The Labute approximate surface area is 117 Å². The van der Waals surface area contributed by atoms with E-state index in [0.29, 0.717) is 0 Å². The van der Waals surface area contributed by atoms with Gasteiger partial charge in [-0.05, 0) is 12.5 Å². The van der Waals surface area contributed by atoms with Crippen molar-refractivity contribution in [1.82, 2.24) is 10.2 Å². The van der Waals surface area contributed by atoms with Gasteiger partial charge in [0.05, 0.1) is 16.7 Å². The number of halogens is 1. The summed E-state index contributed by atoms with van der Waals surface area (Å²) in [6, 6.07) is 3.64. The standard InChI is InChI=1S/C12H8FN5O3/c1-6-2-8(18(20)21)3-9(10(6)13)12(19)16-11-7(4-14)5-15-17-11/h2-3,5H,1H3,(H2,15,16,17,19). The van der Waals surface area contributed by atoms with Gasteiger partial charge in [0, 0.05) is 12.1 Å². The molecule has 1 aromatic carbocycles. The van der Waals surface area contributed by atoms with Gasteiger partial charge in [0.25, 0.3) is 11.6 Å². The molecule has 0 saturated carbocycles. The fraction of sp³-hybridized carbons (Fsp3) is 0.0833. The van der Waals surface area contributed by atoms with E-state index in [1.807, 2.05) is 0 Å². The van der Waals surface area contributed by atoms with Gasteiger partial charge in [-0.1, -0.05) is 0 Å². The number of nitro benzene ring substituents is 1. The number of hydrogen-bond acceptors (Lipinski definition) is 5. The first kappa shape index (κ1) is 14.1. The third kappa shape index (κ3) is 2.69. The number of anilines is 1. The van der Waals surface area contributed by atoms with Crippen LogP contribution in [-0.2, 0) is 0 Å². The average molecular weight is 289 g/mol. The van der Waals surface area contributed by atoms with Crippen LogP contribution in [0.15, 0.2) is 18.3 Å². The van der Waals surface area contributed by atoms with Crippen molar-refractivity contribution in [2.75, 3.05) is 5.32 Å². The van der Waals surface area contributed by atoms with Crippen molar-refractivity contribution in [1.29, 1.82) is 5.26 Å². The molecule has 0 radical (unpaired) electrons. The lowest BCUT2D eigenvalue weighted by Gasteiger charge is -2.06. The number of H-pyrrole nitrogens is 1. The number of rotatable bonds is 3. The van der Waals surface area contributed by atoms with Crippen molar-refractivity contribution < 1.29 is 14.1 Å². The second-order valence-corrected chi connectivity index (χ2v) is 4.11. The molecule has 0 spiro atoms. The molecule has 0 atom stereocenters. The molecule has 1 amide bonds. The van der Waals surface area contributed by atoms with E-state index in [4.69, 9.17) is 5.26 Å². The second kappa shape index (κ2) is 5.38. The van der Waals surface area contributed by atoms with Crippen LogP contribution >= 0.6 is 0 Å². The summed E-state index contributed by atoms with van der Waals surface area (Å²) in [5, 5.41) is 27.7. The summed E-state index contributed by atoms with van der Waals surface area (Å²) in [5.74, 6) is -1.79. The summed E-state index contributed by atoms with van der Waals surface area (Å²) in [5.41, 5.74) is -0.852. The number of nitrogens with one attached hydrogen (secondary N) is 2. The Balaban J connectivity index is 2.40. The van der Waals surface area contributed by atoms with E-state index in [-0.39, 0.29) is 16.9 Å². The van der Waals surface area contributed by atoms with Crippen LogP contribution in [0, 0.1) is 34.2 Å². The molecule has 2 N–H and O–H groups in total. The molecule has 0 aliphatic carbocycles. The Morgan fingerprint density at radius 2 is 2.29 bits per heavy atom. The number of nitrogens with zero attached hydrogens (tertiary/aromatic N) is 3. The maximum absolute atomic E-state index is 13.9. The van der Waals surface area contributed by atoms with Crippen molar-refractivity contribution in [2.45, 2.75) is 6.92 Å². The van der Waals surface area contributed by atoms with E-state index < -0.39 is 27.9 Å². The molecule has 0 fully saturated rings. The Hall–Kier alpha value is -3.28. The predicted octanol–water partition coefficient (Wildman–Crippen LogP) is 1.89. The van der Waals surface area contributed by atoms with Gasteiger partial charge in [0.15, 0.2) is 0 Å². The smallest absolute Gasteiger partial charge is 0.270 e. The minimum absolute atomic E-state index is 0.00828. The fourth-order valence-corrected chi connectivity index (χ4v) is 1.67. The van der Waals surface area contributed by atoms with E-state index >= 15 is 0 Å². The zero-order valence-corrected chi connectivity index (χ0v) is 10.7. The summed E-state index contributed by atoms with van der Waals surface area (Å²) in [4.78, 5) is 22.0. The van der Waals surface area contributed by atoms with Gasteiger partial charge in [-0.15, -0.1) is 0 Å². The van der Waals surface area contributed by atoms with Crippen LogP contribution in [0.2, 0.25) is 0 Å². The summed E-state index contributed by atoms with van der Waals surface area (Å²) in [6.07, 6.45) is 1.19. The van der Waals surface area contributed by atoms with E-state index in [2.05, 4.69) is 15.5 Å². The van der Waals surface area contributed by atoms with Crippen molar-refractivity contribution in [3.8, 4) is 6.07 Å². The molecule has 8 nitrogen and oxygen atoms in total. The first-order chi connectivity index (χ1) is 9.93. The second-order valence-electron chi connectivity index (χ2n) is 4.11. The van der Waals surface area contributed by atoms with Crippen molar-refractivity contribution >= 4 is 17.4 Å². The minimum atomic E-state index is -0.917. The quantitative estimate of drug-likeness (QED) is 0.659. The molecule has 2 rings (SSSR count). The monoisotopic (exact) mass is 289 g/mol. The van der Waals surface area contributed by atoms with E-state index in [1.165, 1.54) is 13.1 Å². The van der Waals surface area contributed by atoms with Gasteiger partial charge in [-0.3, -0.25) is 20.0 Å². The number of aromatic amines is 1. The van der Waals surface area contributed by atoms with Crippen LogP contribution in [0.1, 0.15) is 21.5 Å². The number of carbonyl (C=O) groups is 1. The Morgan fingerprint density at radius 3 is 2.90 bits per heavy atom. The third-order valence-corrected chi connectivity index (χ3v) is 2.69. The number of aryl methyl sites for hydroxylation is 1. The molecule has 0 aliphatic heterocycles. The van der Waals surface area contributed by atoms with Crippen LogP contribution in [-0.4, -0.2) is 21.0 Å². The highest BCUT2D eigenvalue weighted by atomic mass is 19.1. The number of amides is 1. The fourth-order valence-electron chi connectivity index (χ4n) is 1.67. The van der Waals surface area contributed by atoms with Crippen LogP contribution in [0.5, 0.6) is 0 Å². The van der Waals surface area contributed by atoms with Gasteiger partial charge < -0.3 is 5.32 Å². The van der Waals surface area contributed by atoms with E-state index in [1.54, 1.807) is 6.07 Å². The normalized spacial score (nSPS) is 9.95. The number of nitriles is 1. The van der Waals surface area contributed by atoms with Crippen LogP contribution in [0.25, 0.3) is 0 Å². The lowest BCUT2D eigenvalue weighted by atomic mass is 10.1. The zero-order valence-electron chi connectivity index (χ0n) is 10.7. The largest absolute Gasteiger partial charge is 0.306 e. The van der Waals surface area contributed by atoms with Crippen molar-refractivity contribution in [2.24, 2.45) is 0 Å². The lowest BCUT2D eigenvalue weighted by molar-refractivity contribution is -0.385. The molecule has 1 aromatic heterocycles. The highest BCUT2D eigenvalue weighted by molar-refractivity contribution is 6.05. The van der Waals surface area contributed by atoms with Gasteiger partial charge in [0.2, 0.25) is 0 Å². The number of nitro groups is 1. The lowest BCUT2D eigenvalue weighted by Crippen LogP contribution is -2.16. The predicted molar refractivity (Wildman–Crippen MR) is 69.0 cm³/mol. The summed E-state index contributed by atoms with van der Waals surface area (Å²) < 4.78 is 13.9. The van der Waals surface area contributed by atoms with Crippen LogP contribution in [0.4, 0.5) is 15.9 Å². The molecule has 0 saturated heterocycles. The molecular weight excluding hydrogens is 281 g/mol. The SMILES string of the molecule is Cc1cc([N+](=O)[O-])cc(C(=O)Nc2[nH]ncc2C#N)c1F. The molecule has 1 heterocycles. The maximum Gasteiger partial charge on any atom is 0.270 e. The maximum atomic E-state index is 13.9. The zero-order chi connectivity index (χ0) is 15.6. The highest BCUT2D eigenvalue weighted by Gasteiger charge is 2.21. The average Bonchev–Trinajstić information content (AvgIpc) is 2.88. The summed E-state index contributed by atoms with van der Waals surface area (Å²) >= 11 is 0. The summed E-state index contributed by atoms with van der Waals surface area (Å²) in [6.45, 7) is 1.32. The molecule has 0 bridgehead atoms. The summed E-state index contributed by atoms with van der Waals surface area (Å²) in [7, 11) is 0. The number of aromatic nitrogens is 2. The van der Waals surface area contributed by atoms with Crippen LogP contribution in [0.3, 0.4) is 0 Å². The number of non-ortho nitro benzene ring substituents is 1. The Bertz CT molecular complexity index is 778. The van der Waals surface area contributed by atoms with E-state index in [9.17, 15) is 19.3 Å². The molecular formula is C12H8FN5O3. The molecule has 106 valence electrons. The first-order valence-corrected chi connectivity index (χ1v) is 5.63. The van der Waals surface area contributed by atoms with E-state index in [0.717, 1.165) is 12.1 Å². The molecule has 0 unspecified atom stereocenters. The van der Waals surface area contributed by atoms with Crippen molar-refractivity contribution in [3.05, 3.63) is 51.0 Å². The molecule has 2 aromatic rings. The van der Waals surface area contributed by atoms with Gasteiger partial charge in [-0.2, -0.15) is 10.4 Å².